The van der Waals surface area contributed by atoms with Crippen LogP contribution in [0.2, 0.25) is 0 Å². The normalized spacial score (nSPS) is 10.7. The van der Waals surface area contributed by atoms with Crippen molar-refractivity contribution in [1.29, 1.82) is 0 Å². The molecular weight excluding hydrogens is 348 g/mol. The van der Waals surface area contributed by atoms with Gasteiger partial charge in [-0.2, -0.15) is 0 Å². The van der Waals surface area contributed by atoms with Crippen LogP contribution in [0.25, 0.3) is 22.6 Å². The molecule has 0 aliphatic rings. The number of fused-ring (bicyclic) bond motifs is 1. The predicted molar refractivity (Wildman–Crippen MR) is 99.2 cm³/mol. The first-order valence-electron chi connectivity index (χ1n) is 8.16. The number of anilines is 1. The third kappa shape index (κ3) is 3.22. The Labute approximate surface area is 154 Å². The van der Waals surface area contributed by atoms with Crippen molar-refractivity contribution in [2.45, 2.75) is 0 Å². The monoisotopic (exact) mass is 364 g/mol. The number of nitrogens with one attached hydrogen (secondary N) is 1. The van der Waals surface area contributed by atoms with Gasteiger partial charge < -0.3 is 23.6 Å². The van der Waals surface area contributed by atoms with Crippen molar-refractivity contribution in [3.63, 3.8) is 0 Å². The number of amides is 1. The highest BCUT2D eigenvalue weighted by Crippen LogP contribution is 2.33. The van der Waals surface area contributed by atoms with Crippen molar-refractivity contribution in [1.82, 2.24) is 4.98 Å². The molecule has 0 unspecified atom stereocenters. The molecular formula is C20H16N2O5. The van der Waals surface area contributed by atoms with Gasteiger partial charge in [0.1, 0.15) is 5.52 Å². The minimum absolute atomic E-state index is 0.237. The van der Waals surface area contributed by atoms with Crippen molar-refractivity contribution >= 4 is 22.7 Å². The summed E-state index contributed by atoms with van der Waals surface area (Å²) in [4.78, 5) is 16.6. The molecule has 0 bridgehead atoms. The van der Waals surface area contributed by atoms with Crippen molar-refractivity contribution in [3.05, 3.63) is 60.6 Å². The van der Waals surface area contributed by atoms with Crippen LogP contribution in [0.5, 0.6) is 11.5 Å². The Hall–Kier alpha value is -3.74. The highest BCUT2D eigenvalue weighted by Gasteiger charge is 2.14. The smallest absolute Gasteiger partial charge is 0.291 e. The SMILES string of the molecule is COc1ccc(-c2nc3cc(NC(=O)c4ccco4)ccc3o2)cc1OC. The second-order valence-corrected chi connectivity index (χ2v) is 5.70. The summed E-state index contributed by atoms with van der Waals surface area (Å²) in [6.45, 7) is 0. The predicted octanol–water partition coefficient (Wildman–Crippen LogP) is 4.36. The van der Waals surface area contributed by atoms with Gasteiger partial charge in [0.25, 0.3) is 5.91 Å². The van der Waals surface area contributed by atoms with E-state index in [0.29, 0.717) is 34.2 Å². The number of hydrogen-bond acceptors (Lipinski definition) is 6. The van der Waals surface area contributed by atoms with E-state index in [2.05, 4.69) is 10.3 Å². The molecule has 0 saturated heterocycles. The van der Waals surface area contributed by atoms with E-state index in [1.807, 2.05) is 6.07 Å². The number of aromatic nitrogens is 1. The summed E-state index contributed by atoms with van der Waals surface area (Å²) < 4.78 is 21.5. The van der Waals surface area contributed by atoms with E-state index in [4.69, 9.17) is 18.3 Å². The maximum atomic E-state index is 12.1. The van der Waals surface area contributed by atoms with Crippen molar-refractivity contribution in [2.75, 3.05) is 19.5 Å². The lowest BCUT2D eigenvalue weighted by atomic mass is 10.2. The largest absolute Gasteiger partial charge is 0.493 e. The molecule has 0 spiro atoms. The molecule has 4 aromatic rings. The van der Waals surface area contributed by atoms with Crippen LogP contribution in [0.4, 0.5) is 5.69 Å². The first-order chi connectivity index (χ1) is 13.2. The van der Waals surface area contributed by atoms with Gasteiger partial charge in [0, 0.05) is 11.3 Å². The molecule has 27 heavy (non-hydrogen) atoms. The number of carbonyl (C=O) groups is 1. The topological polar surface area (TPSA) is 86.7 Å². The van der Waals surface area contributed by atoms with Crippen molar-refractivity contribution in [2.24, 2.45) is 0 Å². The summed E-state index contributed by atoms with van der Waals surface area (Å²) >= 11 is 0. The summed E-state index contributed by atoms with van der Waals surface area (Å²) in [7, 11) is 3.15. The Morgan fingerprint density at radius 3 is 2.63 bits per heavy atom. The molecule has 4 rings (SSSR count). The minimum Gasteiger partial charge on any atom is -0.493 e. The van der Waals surface area contributed by atoms with Gasteiger partial charge in [0.05, 0.1) is 20.5 Å². The van der Waals surface area contributed by atoms with E-state index in [1.54, 1.807) is 56.7 Å². The molecule has 0 atom stereocenters. The average Bonchev–Trinajstić information content (AvgIpc) is 3.37. The molecule has 0 aliphatic heterocycles. The number of ether oxygens (including phenoxy) is 2. The van der Waals surface area contributed by atoms with Crippen molar-refractivity contribution in [3.8, 4) is 23.0 Å². The Morgan fingerprint density at radius 2 is 1.89 bits per heavy atom. The van der Waals surface area contributed by atoms with E-state index in [0.717, 1.165) is 5.56 Å². The zero-order chi connectivity index (χ0) is 18.8. The van der Waals surface area contributed by atoms with E-state index in [1.165, 1.54) is 6.26 Å². The van der Waals surface area contributed by atoms with E-state index < -0.39 is 0 Å². The summed E-state index contributed by atoms with van der Waals surface area (Å²) in [5.74, 6) is 1.56. The number of carbonyl (C=O) groups excluding carboxylic acids is 1. The van der Waals surface area contributed by atoms with Gasteiger partial charge >= 0.3 is 0 Å². The van der Waals surface area contributed by atoms with Crippen LogP contribution in [0.3, 0.4) is 0 Å². The molecule has 0 radical (unpaired) electrons. The molecule has 1 N–H and O–H groups in total. The van der Waals surface area contributed by atoms with Crippen LogP contribution in [0.15, 0.2) is 63.6 Å². The second-order valence-electron chi connectivity index (χ2n) is 5.70. The fourth-order valence-electron chi connectivity index (χ4n) is 2.70. The first kappa shape index (κ1) is 16.7. The van der Waals surface area contributed by atoms with Gasteiger partial charge in [-0.25, -0.2) is 4.98 Å². The highest BCUT2D eigenvalue weighted by atomic mass is 16.5. The molecule has 7 nitrogen and oxygen atoms in total. The molecule has 136 valence electrons. The molecule has 2 heterocycles. The van der Waals surface area contributed by atoms with Crippen LogP contribution in [0, 0.1) is 0 Å². The molecule has 7 heteroatoms. The van der Waals surface area contributed by atoms with E-state index in [9.17, 15) is 4.79 Å². The molecule has 2 aromatic heterocycles. The van der Waals surface area contributed by atoms with Crippen LogP contribution < -0.4 is 14.8 Å². The zero-order valence-electron chi connectivity index (χ0n) is 14.7. The number of hydrogen-bond donors (Lipinski definition) is 1. The first-order valence-corrected chi connectivity index (χ1v) is 8.16. The standard InChI is InChI=1S/C20H16N2O5/c1-24-16-7-5-12(10-18(16)25-2)20-22-14-11-13(6-8-15(14)27-20)21-19(23)17-4-3-9-26-17/h3-11H,1-2H3,(H,21,23). The fourth-order valence-corrected chi connectivity index (χ4v) is 2.70. The van der Waals surface area contributed by atoms with Gasteiger partial charge in [-0.15, -0.1) is 0 Å². The lowest BCUT2D eigenvalue weighted by molar-refractivity contribution is 0.0996. The highest BCUT2D eigenvalue weighted by molar-refractivity contribution is 6.03. The summed E-state index contributed by atoms with van der Waals surface area (Å²) in [6, 6.07) is 13.9. The van der Waals surface area contributed by atoms with Crippen LogP contribution in [-0.2, 0) is 0 Å². The second kappa shape index (κ2) is 6.87. The Kier molecular flexibility index (Phi) is 4.25. The molecule has 0 aliphatic carbocycles. The summed E-state index contributed by atoms with van der Waals surface area (Å²) in [5.41, 5.74) is 2.58. The summed E-state index contributed by atoms with van der Waals surface area (Å²) in [5, 5.41) is 2.77. The van der Waals surface area contributed by atoms with Gasteiger partial charge in [-0.05, 0) is 48.5 Å². The van der Waals surface area contributed by atoms with Crippen LogP contribution >= 0.6 is 0 Å². The number of rotatable bonds is 5. The van der Waals surface area contributed by atoms with E-state index in [-0.39, 0.29) is 11.7 Å². The molecule has 0 fully saturated rings. The Morgan fingerprint density at radius 1 is 1.04 bits per heavy atom. The molecule has 1 amide bonds. The number of methoxy groups -OCH3 is 2. The fraction of sp³-hybridized carbons (Fsp3) is 0.100. The van der Waals surface area contributed by atoms with Gasteiger partial charge in [-0.3, -0.25) is 4.79 Å². The lowest BCUT2D eigenvalue weighted by Crippen LogP contribution is -2.10. The Balaban J connectivity index is 1.64. The van der Waals surface area contributed by atoms with Crippen LogP contribution in [0.1, 0.15) is 10.6 Å². The average molecular weight is 364 g/mol. The Bertz CT molecular complexity index is 1100. The molecule has 0 saturated carbocycles. The van der Waals surface area contributed by atoms with Gasteiger partial charge in [0.15, 0.2) is 22.8 Å². The lowest BCUT2D eigenvalue weighted by Gasteiger charge is -2.07. The minimum atomic E-state index is -0.331. The summed E-state index contributed by atoms with van der Waals surface area (Å²) in [6.07, 6.45) is 1.45. The number of furan rings is 1. The third-order valence-electron chi connectivity index (χ3n) is 4.02. The van der Waals surface area contributed by atoms with Crippen molar-refractivity contribution < 1.29 is 23.1 Å². The van der Waals surface area contributed by atoms with Gasteiger partial charge in [0.2, 0.25) is 5.89 Å². The maximum Gasteiger partial charge on any atom is 0.291 e. The van der Waals surface area contributed by atoms with Crippen LogP contribution in [-0.4, -0.2) is 25.1 Å². The van der Waals surface area contributed by atoms with Gasteiger partial charge in [-0.1, -0.05) is 0 Å². The number of nitrogens with zero attached hydrogens (tertiary/aromatic N) is 1. The number of benzene rings is 2. The molecule has 2 aromatic carbocycles. The zero-order valence-corrected chi connectivity index (χ0v) is 14.7. The number of oxazole rings is 1. The maximum absolute atomic E-state index is 12.1. The quantitative estimate of drug-likeness (QED) is 0.566. The third-order valence-corrected chi connectivity index (χ3v) is 4.02. The van der Waals surface area contributed by atoms with E-state index >= 15 is 0 Å².